The van der Waals surface area contributed by atoms with Gasteiger partial charge in [0.2, 0.25) is 0 Å². The molecule has 0 aliphatic rings. The van der Waals surface area contributed by atoms with Gasteiger partial charge in [0.15, 0.2) is 5.96 Å². The Bertz CT molecular complexity index is 611. The molecule has 0 saturated heterocycles. The topological polar surface area (TPSA) is 36.4 Å². The molecule has 0 radical (unpaired) electrons. The molecule has 0 saturated carbocycles. The molecule has 2 aromatic carbocycles. The van der Waals surface area contributed by atoms with Gasteiger partial charge in [0.05, 0.1) is 6.04 Å². The van der Waals surface area contributed by atoms with Crippen molar-refractivity contribution in [3.05, 3.63) is 71.5 Å². The van der Waals surface area contributed by atoms with Gasteiger partial charge in [0, 0.05) is 13.6 Å². The van der Waals surface area contributed by atoms with Crippen LogP contribution in [0, 0.1) is 5.82 Å². The summed E-state index contributed by atoms with van der Waals surface area (Å²) in [5.74, 6) is 0.553. The minimum absolute atomic E-state index is 0.154. The van der Waals surface area contributed by atoms with E-state index >= 15 is 0 Å². The van der Waals surface area contributed by atoms with Gasteiger partial charge < -0.3 is 10.6 Å². The number of guanidine groups is 1. The molecule has 2 aromatic rings. The van der Waals surface area contributed by atoms with Crippen LogP contribution in [0.4, 0.5) is 4.39 Å². The maximum absolute atomic E-state index is 13.6. The molecule has 1 unspecified atom stereocenters. The highest BCUT2D eigenvalue weighted by atomic mass is 19.1. The van der Waals surface area contributed by atoms with Gasteiger partial charge in [0.1, 0.15) is 5.82 Å². The van der Waals surface area contributed by atoms with Crippen LogP contribution in [-0.2, 0) is 6.42 Å². The molecule has 22 heavy (non-hydrogen) atoms. The zero-order valence-electron chi connectivity index (χ0n) is 13.0. The lowest BCUT2D eigenvalue weighted by atomic mass is 10.1. The maximum Gasteiger partial charge on any atom is 0.191 e. The average molecular weight is 299 g/mol. The molecule has 116 valence electrons. The first-order valence-electron chi connectivity index (χ1n) is 7.46. The van der Waals surface area contributed by atoms with E-state index in [0.717, 1.165) is 0 Å². The van der Waals surface area contributed by atoms with Crippen LogP contribution in [0.15, 0.2) is 59.6 Å². The van der Waals surface area contributed by atoms with Crippen molar-refractivity contribution in [3.63, 3.8) is 0 Å². The van der Waals surface area contributed by atoms with Crippen LogP contribution in [0.2, 0.25) is 0 Å². The molecule has 0 spiro atoms. The van der Waals surface area contributed by atoms with Crippen LogP contribution in [-0.4, -0.2) is 19.6 Å². The van der Waals surface area contributed by atoms with Gasteiger partial charge in [-0.3, -0.25) is 4.99 Å². The summed E-state index contributed by atoms with van der Waals surface area (Å²) < 4.78 is 13.6. The van der Waals surface area contributed by atoms with Crippen LogP contribution in [0.3, 0.4) is 0 Å². The zero-order chi connectivity index (χ0) is 15.8. The van der Waals surface area contributed by atoms with Gasteiger partial charge in [-0.05, 0) is 30.5 Å². The first kappa shape index (κ1) is 16.0. The molecule has 0 aliphatic heterocycles. The molecule has 0 bridgehead atoms. The summed E-state index contributed by atoms with van der Waals surface area (Å²) in [5.41, 5.74) is 1.90. The van der Waals surface area contributed by atoms with E-state index in [-0.39, 0.29) is 11.9 Å². The molecule has 0 aliphatic carbocycles. The summed E-state index contributed by atoms with van der Waals surface area (Å²) in [7, 11) is 1.73. The van der Waals surface area contributed by atoms with Crippen LogP contribution in [0.25, 0.3) is 0 Å². The summed E-state index contributed by atoms with van der Waals surface area (Å²) in [6.07, 6.45) is 0.618. The Labute approximate surface area is 131 Å². The molecule has 4 heteroatoms. The molecule has 1 atom stereocenters. The molecule has 0 heterocycles. The second-order valence-electron chi connectivity index (χ2n) is 5.12. The Morgan fingerprint density at radius 2 is 1.77 bits per heavy atom. The number of hydrogen-bond donors (Lipinski definition) is 2. The van der Waals surface area contributed by atoms with E-state index < -0.39 is 0 Å². The third kappa shape index (κ3) is 4.58. The molecule has 0 aromatic heterocycles. The van der Waals surface area contributed by atoms with E-state index in [4.69, 9.17) is 0 Å². The van der Waals surface area contributed by atoms with Crippen molar-refractivity contribution in [3.8, 4) is 0 Å². The highest BCUT2D eigenvalue weighted by Crippen LogP contribution is 2.10. The van der Waals surface area contributed by atoms with E-state index in [1.807, 2.05) is 24.3 Å². The third-order valence-corrected chi connectivity index (χ3v) is 3.52. The van der Waals surface area contributed by atoms with Crippen molar-refractivity contribution in [1.82, 2.24) is 10.6 Å². The average Bonchev–Trinajstić information content (AvgIpc) is 2.56. The lowest BCUT2D eigenvalue weighted by molar-refractivity contribution is 0.605. The van der Waals surface area contributed by atoms with Gasteiger partial charge in [0.25, 0.3) is 0 Å². The molecule has 3 nitrogen and oxygen atoms in total. The molecule has 0 amide bonds. The van der Waals surface area contributed by atoms with Crippen molar-refractivity contribution in [2.24, 2.45) is 4.99 Å². The van der Waals surface area contributed by atoms with E-state index in [0.29, 0.717) is 24.5 Å². The SMILES string of the molecule is CN=C(NCCc1ccccc1F)NC(C)c1ccccc1. The summed E-state index contributed by atoms with van der Waals surface area (Å²) in [4.78, 5) is 4.21. The lowest BCUT2D eigenvalue weighted by Crippen LogP contribution is -2.39. The summed E-state index contributed by atoms with van der Waals surface area (Å²) in [6.45, 7) is 2.71. The van der Waals surface area contributed by atoms with Gasteiger partial charge >= 0.3 is 0 Å². The van der Waals surface area contributed by atoms with Gasteiger partial charge in [-0.1, -0.05) is 48.5 Å². The van der Waals surface area contributed by atoms with Gasteiger partial charge in [-0.2, -0.15) is 0 Å². The minimum atomic E-state index is -0.162. The quantitative estimate of drug-likeness (QED) is 0.656. The van der Waals surface area contributed by atoms with E-state index in [9.17, 15) is 4.39 Å². The zero-order valence-corrected chi connectivity index (χ0v) is 13.0. The number of halogens is 1. The van der Waals surface area contributed by atoms with Crippen molar-refractivity contribution in [2.75, 3.05) is 13.6 Å². The standard InChI is InChI=1S/C18H22FN3/c1-14(15-8-4-3-5-9-15)22-18(20-2)21-13-12-16-10-6-7-11-17(16)19/h3-11,14H,12-13H2,1-2H3,(H2,20,21,22). The fourth-order valence-corrected chi connectivity index (χ4v) is 2.24. The molecular weight excluding hydrogens is 277 g/mol. The highest BCUT2D eigenvalue weighted by molar-refractivity contribution is 5.80. The first-order valence-corrected chi connectivity index (χ1v) is 7.46. The Morgan fingerprint density at radius 1 is 1.09 bits per heavy atom. The second-order valence-corrected chi connectivity index (χ2v) is 5.12. The Hall–Kier alpha value is -2.36. The normalized spacial score (nSPS) is 12.8. The van der Waals surface area contributed by atoms with Gasteiger partial charge in [-0.15, -0.1) is 0 Å². The van der Waals surface area contributed by atoms with Crippen LogP contribution < -0.4 is 10.6 Å². The minimum Gasteiger partial charge on any atom is -0.356 e. The smallest absolute Gasteiger partial charge is 0.191 e. The Balaban J connectivity index is 1.84. The number of nitrogens with zero attached hydrogens (tertiary/aromatic N) is 1. The predicted octanol–water partition coefficient (Wildman–Crippen LogP) is 3.29. The van der Waals surface area contributed by atoms with Crippen molar-refractivity contribution in [1.29, 1.82) is 0 Å². The fourth-order valence-electron chi connectivity index (χ4n) is 2.24. The number of rotatable bonds is 5. The van der Waals surface area contributed by atoms with Crippen LogP contribution >= 0.6 is 0 Å². The number of benzene rings is 2. The fraction of sp³-hybridized carbons (Fsp3) is 0.278. The highest BCUT2D eigenvalue weighted by Gasteiger charge is 2.07. The molecule has 2 N–H and O–H groups in total. The second kappa shape index (κ2) is 8.17. The first-order chi connectivity index (χ1) is 10.7. The number of aliphatic imine (C=N–C) groups is 1. The van der Waals surface area contributed by atoms with Crippen LogP contribution in [0.5, 0.6) is 0 Å². The maximum atomic E-state index is 13.6. The lowest BCUT2D eigenvalue weighted by Gasteiger charge is -2.18. The number of hydrogen-bond acceptors (Lipinski definition) is 1. The molecular formula is C18H22FN3. The summed E-state index contributed by atoms with van der Waals surface area (Å²) in [5, 5.41) is 6.55. The van der Waals surface area contributed by atoms with Crippen molar-refractivity contribution in [2.45, 2.75) is 19.4 Å². The van der Waals surface area contributed by atoms with Gasteiger partial charge in [-0.25, -0.2) is 4.39 Å². The Kier molecular flexibility index (Phi) is 5.95. The van der Waals surface area contributed by atoms with E-state index in [1.54, 1.807) is 19.2 Å². The number of nitrogens with one attached hydrogen (secondary N) is 2. The third-order valence-electron chi connectivity index (χ3n) is 3.52. The van der Waals surface area contributed by atoms with Crippen LogP contribution in [0.1, 0.15) is 24.1 Å². The molecule has 0 fully saturated rings. The predicted molar refractivity (Wildman–Crippen MR) is 89.5 cm³/mol. The van der Waals surface area contributed by atoms with E-state index in [1.165, 1.54) is 11.6 Å². The Morgan fingerprint density at radius 3 is 2.45 bits per heavy atom. The molecule has 2 rings (SSSR count). The van der Waals surface area contributed by atoms with E-state index in [2.05, 4.69) is 34.7 Å². The summed E-state index contributed by atoms with van der Waals surface area (Å²) in [6, 6.07) is 17.2. The largest absolute Gasteiger partial charge is 0.356 e. The summed E-state index contributed by atoms with van der Waals surface area (Å²) >= 11 is 0. The van der Waals surface area contributed by atoms with Crippen molar-refractivity contribution < 1.29 is 4.39 Å². The monoisotopic (exact) mass is 299 g/mol. The van der Waals surface area contributed by atoms with Crippen molar-refractivity contribution >= 4 is 5.96 Å².